The molecule has 0 radical (unpaired) electrons. The van der Waals surface area contributed by atoms with Crippen LogP contribution >= 0.6 is 7.60 Å². The Balaban J connectivity index is 2.13. The largest absolute Gasteiger partial charge is 0.371 e. The zero-order valence-electron chi connectivity index (χ0n) is 7.19. The van der Waals surface area contributed by atoms with Crippen molar-refractivity contribution in [1.29, 1.82) is 0 Å². The summed E-state index contributed by atoms with van der Waals surface area (Å²) in [6.07, 6.45) is 0.159. The lowest BCUT2D eigenvalue weighted by Crippen LogP contribution is -2.05. The van der Waals surface area contributed by atoms with E-state index in [4.69, 9.17) is 9.47 Å². The van der Waals surface area contributed by atoms with Gasteiger partial charge in [0.25, 0.3) is 0 Å². The molecule has 1 rings (SSSR count). The lowest BCUT2D eigenvalue weighted by Gasteiger charge is -2.12. The quantitative estimate of drug-likeness (QED) is 0.465. The van der Waals surface area contributed by atoms with Crippen molar-refractivity contribution in [2.75, 3.05) is 33.8 Å². The highest BCUT2D eigenvalue weighted by molar-refractivity contribution is 7.53. The lowest BCUT2D eigenvalue weighted by atomic mass is 10.5. The van der Waals surface area contributed by atoms with Gasteiger partial charge in [0.2, 0.25) is 0 Å². The van der Waals surface area contributed by atoms with E-state index in [1.54, 1.807) is 0 Å². The van der Waals surface area contributed by atoms with E-state index in [-0.39, 0.29) is 12.5 Å². The Morgan fingerprint density at radius 1 is 1.50 bits per heavy atom. The van der Waals surface area contributed by atoms with Crippen LogP contribution in [0.3, 0.4) is 0 Å². The molecule has 0 aliphatic carbocycles. The normalized spacial score (nSPS) is 22.7. The Morgan fingerprint density at radius 2 is 2.08 bits per heavy atom. The SMILES string of the molecule is COP(=O)(COCC1CO1)OC. The summed E-state index contributed by atoms with van der Waals surface area (Å²) in [6, 6.07) is 0. The van der Waals surface area contributed by atoms with Crippen molar-refractivity contribution in [2.45, 2.75) is 6.10 Å². The molecule has 1 aliphatic heterocycles. The van der Waals surface area contributed by atoms with Crippen LogP contribution < -0.4 is 0 Å². The summed E-state index contributed by atoms with van der Waals surface area (Å²) < 4.78 is 30.6. The van der Waals surface area contributed by atoms with Gasteiger partial charge in [0.05, 0.1) is 13.2 Å². The first kappa shape index (κ1) is 10.2. The highest BCUT2D eigenvalue weighted by Gasteiger charge is 2.26. The molecule has 0 saturated carbocycles. The fourth-order valence-electron chi connectivity index (χ4n) is 0.640. The molecule has 1 heterocycles. The lowest BCUT2D eigenvalue weighted by molar-refractivity contribution is 0.129. The minimum absolute atomic E-state index is 0.0140. The molecule has 5 nitrogen and oxygen atoms in total. The first-order valence-corrected chi connectivity index (χ1v) is 5.33. The number of hydrogen-bond donors (Lipinski definition) is 0. The van der Waals surface area contributed by atoms with Crippen molar-refractivity contribution in [3.8, 4) is 0 Å². The molecule has 6 heteroatoms. The third-order valence-corrected chi connectivity index (χ3v) is 3.12. The summed E-state index contributed by atoms with van der Waals surface area (Å²) in [4.78, 5) is 0. The van der Waals surface area contributed by atoms with Crippen molar-refractivity contribution < 1.29 is 23.1 Å². The fourth-order valence-corrected chi connectivity index (χ4v) is 1.33. The third kappa shape index (κ3) is 3.21. The highest BCUT2D eigenvalue weighted by Crippen LogP contribution is 2.46. The maximum absolute atomic E-state index is 11.3. The smallest absolute Gasteiger partial charge is 0.355 e. The molecule has 1 atom stereocenters. The Morgan fingerprint density at radius 3 is 2.50 bits per heavy atom. The van der Waals surface area contributed by atoms with Gasteiger partial charge in [0.1, 0.15) is 12.5 Å². The molecule has 0 bridgehead atoms. The third-order valence-electron chi connectivity index (χ3n) is 1.51. The van der Waals surface area contributed by atoms with Crippen LogP contribution in [0.5, 0.6) is 0 Å². The van der Waals surface area contributed by atoms with E-state index < -0.39 is 7.60 Å². The van der Waals surface area contributed by atoms with E-state index in [1.165, 1.54) is 14.2 Å². The summed E-state index contributed by atoms with van der Waals surface area (Å²) in [5, 5.41) is 0. The second-order valence-corrected chi connectivity index (χ2v) is 4.64. The van der Waals surface area contributed by atoms with Crippen LogP contribution in [0, 0.1) is 0 Å². The van der Waals surface area contributed by atoms with Crippen LogP contribution in [-0.2, 0) is 23.1 Å². The predicted octanol–water partition coefficient (Wildman–Crippen LogP) is 0.845. The molecule has 0 aromatic carbocycles. The van der Waals surface area contributed by atoms with Crippen molar-refractivity contribution in [3.05, 3.63) is 0 Å². The summed E-state index contributed by atoms with van der Waals surface area (Å²) >= 11 is 0. The van der Waals surface area contributed by atoms with E-state index >= 15 is 0 Å². The molecule has 0 N–H and O–H groups in total. The van der Waals surface area contributed by atoms with Gasteiger partial charge in [-0.2, -0.15) is 0 Å². The van der Waals surface area contributed by atoms with Gasteiger partial charge in [-0.15, -0.1) is 0 Å². The first-order chi connectivity index (χ1) is 5.70. The van der Waals surface area contributed by atoms with Gasteiger partial charge in [-0.1, -0.05) is 0 Å². The molecule has 0 aromatic rings. The zero-order valence-corrected chi connectivity index (χ0v) is 8.08. The summed E-state index contributed by atoms with van der Waals surface area (Å²) in [5.41, 5.74) is 0. The van der Waals surface area contributed by atoms with Crippen LogP contribution in [-0.4, -0.2) is 39.9 Å². The minimum Gasteiger partial charge on any atom is -0.371 e. The summed E-state index contributed by atoms with van der Waals surface area (Å²) in [5.74, 6) is 0. The van der Waals surface area contributed by atoms with Gasteiger partial charge in [0.15, 0.2) is 0 Å². The number of hydrogen-bond acceptors (Lipinski definition) is 5. The Kier molecular flexibility index (Phi) is 3.68. The van der Waals surface area contributed by atoms with E-state index in [2.05, 4.69) is 9.05 Å². The van der Waals surface area contributed by atoms with Crippen LogP contribution in [0.25, 0.3) is 0 Å². The van der Waals surface area contributed by atoms with E-state index in [1.807, 2.05) is 0 Å². The predicted molar refractivity (Wildman–Crippen MR) is 42.2 cm³/mol. The molecule has 0 spiro atoms. The molecule has 72 valence electrons. The molecule has 1 aliphatic rings. The number of epoxide rings is 1. The van der Waals surface area contributed by atoms with Gasteiger partial charge in [-0.3, -0.25) is 4.57 Å². The number of ether oxygens (including phenoxy) is 2. The van der Waals surface area contributed by atoms with Crippen LogP contribution in [0.1, 0.15) is 0 Å². The van der Waals surface area contributed by atoms with Crippen LogP contribution in [0.15, 0.2) is 0 Å². The van der Waals surface area contributed by atoms with Crippen LogP contribution in [0.2, 0.25) is 0 Å². The van der Waals surface area contributed by atoms with E-state index in [9.17, 15) is 4.57 Å². The molecule has 1 saturated heterocycles. The molecular formula is C6H13O5P. The van der Waals surface area contributed by atoms with Crippen molar-refractivity contribution in [1.82, 2.24) is 0 Å². The van der Waals surface area contributed by atoms with Crippen molar-refractivity contribution >= 4 is 7.60 Å². The van der Waals surface area contributed by atoms with Gasteiger partial charge in [-0.25, -0.2) is 0 Å². The second-order valence-electron chi connectivity index (χ2n) is 2.43. The Bertz CT molecular complexity index is 171. The standard InChI is InChI=1S/C6H13O5P/c1-8-12(7,9-2)5-10-3-6-4-11-6/h6H,3-5H2,1-2H3. The molecule has 1 fully saturated rings. The van der Waals surface area contributed by atoms with Gasteiger partial charge < -0.3 is 18.5 Å². The van der Waals surface area contributed by atoms with E-state index in [0.29, 0.717) is 6.61 Å². The van der Waals surface area contributed by atoms with Gasteiger partial charge in [-0.05, 0) is 0 Å². The molecule has 0 aromatic heterocycles. The van der Waals surface area contributed by atoms with Gasteiger partial charge in [0, 0.05) is 14.2 Å². The Hall–Kier alpha value is 0.0700. The average Bonchev–Trinajstić information content (AvgIpc) is 2.88. The molecule has 12 heavy (non-hydrogen) atoms. The molecule has 1 unspecified atom stereocenters. The first-order valence-electron chi connectivity index (χ1n) is 3.60. The zero-order chi connectivity index (χ0) is 9.03. The van der Waals surface area contributed by atoms with Crippen molar-refractivity contribution in [3.63, 3.8) is 0 Å². The fraction of sp³-hybridized carbons (Fsp3) is 1.00. The minimum atomic E-state index is -2.99. The molecular weight excluding hydrogens is 183 g/mol. The summed E-state index contributed by atoms with van der Waals surface area (Å²) in [6.45, 7) is 1.18. The van der Waals surface area contributed by atoms with Gasteiger partial charge >= 0.3 is 7.60 Å². The monoisotopic (exact) mass is 196 g/mol. The highest BCUT2D eigenvalue weighted by atomic mass is 31.2. The van der Waals surface area contributed by atoms with Crippen molar-refractivity contribution in [2.24, 2.45) is 0 Å². The maximum Gasteiger partial charge on any atom is 0.355 e. The average molecular weight is 196 g/mol. The topological polar surface area (TPSA) is 57.3 Å². The van der Waals surface area contributed by atoms with Crippen LogP contribution in [0.4, 0.5) is 0 Å². The molecule has 0 amide bonds. The second kappa shape index (κ2) is 4.35. The summed E-state index contributed by atoms with van der Waals surface area (Å²) in [7, 11) is -0.318. The van der Waals surface area contributed by atoms with E-state index in [0.717, 1.165) is 6.61 Å². The number of rotatable bonds is 6. The Labute approximate surface area is 71.5 Å². The maximum atomic E-state index is 11.3.